The molecule has 0 spiro atoms. The first-order valence-corrected chi connectivity index (χ1v) is 12.6. The van der Waals surface area contributed by atoms with Crippen molar-refractivity contribution in [1.82, 2.24) is 10.0 Å². The van der Waals surface area contributed by atoms with E-state index in [-0.39, 0.29) is 17.1 Å². The number of ketones is 1. The topological polar surface area (TPSA) is 104 Å². The molecule has 1 unspecified atom stereocenters. The van der Waals surface area contributed by atoms with Crippen molar-refractivity contribution in [3.8, 4) is 0 Å². The number of carbonyl (C=O) groups excluding carboxylic acids is 2. The molecule has 0 bridgehead atoms. The van der Waals surface area contributed by atoms with Gasteiger partial charge in [-0.3, -0.25) is 4.79 Å². The molecule has 0 aromatic heterocycles. The van der Waals surface area contributed by atoms with Gasteiger partial charge in [-0.05, 0) is 55.0 Å². The van der Waals surface area contributed by atoms with Crippen molar-refractivity contribution in [2.24, 2.45) is 0 Å². The van der Waals surface area contributed by atoms with Gasteiger partial charge in [-0.1, -0.05) is 66.7 Å². The molecule has 0 saturated heterocycles. The van der Waals surface area contributed by atoms with E-state index in [4.69, 9.17) is 0 Å². The molecule has 2 amide bonds. The van der Waals surface area contributed by atoms with Crippen LogP contribution in [-0.2, 0) is 27.7 Å². The van der Waals surface area contributed by atoms with E-state index in [1.807, 2.05) is 54.6 Å². The highest BCUT2D eigenvalue weighted by Crippen LogP contribution is 2.25. The molecule has 3 N–H and O–H groups in total. The molecule has 1 aliphatic rings. The van der Waals surface area contributed by atoms with Crippen molar-refractivity contribution in [1.29, 1.82) is 0 Å². The Kier molecular flexibility index (Phi) is 6.98. The maximum atomic E-state index is 13.5. The fourth-order valence-electron chi connectivity index (χ4n) is 4.19. The summed E-state index contributed by atoms with van der Waals surface area (Å²) in [6, 6.07) is 21.2. The summed E-state index contributed by atoms with van der Waals surface area (Å²) in [4.78, 5) is 26.3. The minimum atomic E-state index is -4.09. The van der Waals surface area contributed by atoms with Gasteiger partial charge in [-0.25, -0.2) is 17.9 Å². The number of fused-ring (bicyclic) bond motifs is 1. The van der Waals surface area contributed by atoms with Crippen LogP contribution in [-0.4, -0.2) is 32.3 Å². The molecule has 3 aromatic carbocycles. The Morgan fingerprint density at radius 2 is 1.65 bits per heavy atom. The van der Waals surface area contributed by atoms with E-state index >= 15 is 0 Å². The smallest absolute Gasteiger partial charge is 0.329 e. The number of Topliss-reactive ketones (excluding diaryl/α,β-unsaturated/α-hetero) is 1. The SMILES string of the molecule is Cc1ccccc1S(=O)(=O)NC(=O)N[C@@H](Cc1ccccc1)C(=O)C1CCc2ccccc2N1. The lowest BCUT2D eigenvalue weighted by Gasteiger charge is -2.29. The highest BCUT2D eigenvalue weighted by molar-refractivity contribution is 7.90. The summed E-state index contributed by atoms with van der Waals surface area (Å²) in [6.45, 7) is 1.65. The molecule has 34 heavy (non-hydrogen) atoms. The lowest BCUT2D eigenvalue weighted by Crippen LogP contribution is -2.53. The third-order valence-electron chi connectivity index (χ3n) is 5.93. The Balaban J connectivity index is 1.52. The summed E-state index contributed by atoms with van der Waals surface area (Å²) in [5.41, 5.74) is 3.42. The number of benzene rings is 3. The van der Waals surface area contributed by atoms with E-state index in [1.165, 1.54) is 6.07 Å². The molecule has 8 heteroatoms. The van der Waals surface area contributed by atoms with Gasteiger partial charge in [0.2, 0.25) is 0 Å². The molecule has 2 atom stereocenters. The van der Waals surface area contributed by atoms with Gasteiger partial charge in [0.05, 0.1) is 17.0 Å². The average Bonchev–Trinajstić information content (AvgIpc) is 2.83. The predicted molar refractivity (Wildman–Crippen MR) is 131 cm³/mol. The Labute approximate surface area is 199 Å². The number of hydrogen-bond acceptors (Lipinski definition) is 5. The molecular formula is C26H27N3O4S. The second-order valence-corrected chi connectivity index (χ2v) is 10.0. The first-order chi connectivity index (χ1) is 16.3. The number of hydrogen-bond donors (Lipinski definition) is 3. The average molecular weight is 478 g/mol. The van der Waals surface area contributed by atoms with Gasteiger partial charge >= 0.3 is 6.03 Å². The number of carbonyl (C=O) groups is 2. The molecular weight excluding hydrogens is 450 g/mol. The first-order valence-electron chi connectivity index (χ1n) is 11.1. The van der Waals surface area contributed by atoms with E-state index in [0.29, 0.717) is 12.0 Å². The van der Waals surface area contributed by atoms with Crippen LogP contribution in [0.15, 0.2) is 83.8 Å². The number of sulfonamides is 1. The van der Waals surface area contributed by atoms with Crippen molar-refractivity contribution in [3.63, 3.8) is 0 Å². The number of anilines is 1. The molecule has 0 radical (unpaired) electrons. The van der Waals surface area contributed by atoms with E-state index < -0.39 is 28.1 Å². The van der Waals surface area contributed by atoms with Crippen LogP contribution in [0, 0.1) is 6.92 Å². The van der Waals surface area contributed by atoms with Crippen LogP contribution in [0.1, 0.15) is 23.1 Å². The molecule has 0 saturated carbocycles. The highest BCUT2D eigenvalue weighted by atomic mass is 32.2. The van der Waals surface area contributed by atoms with Gasteiger partial charge in [0.15, 0.2) is 5.78 Å². The first kappa shape index (κ1) is 23.5. The maximum Gasteiger partial charge on any atom is 0.329 e. The fraction of sp³-hybridized carbons (Fsp3) is 0.231. The molecule has 7 nitrogen and oxygen atoms in total. The zero-order valence-electron chi connectivity index (χ0n) is 18.8. The zero-order valence-corrected chi connectivity index (χ0v) is 19.6. The normalized spacial score (nSPS) is 16.0. The summed E-state index contributed by atoms with van der Waals surface area (Å²) < 4.78 is 27.5. The monoisotopic (exact) mass is 477 g/mol. The molecule has 0 aliphatic carbocycles. The van der Waals surface area contributed by atoms with Crippen LogP contribution in [0.2, 0.25) is 0 Å². The minimum absolute atomic E-state index is 0.0154. The van der Waals surface area contributed by atoms with Crippen molar-refractivity contribution in [2.75, 3.05) is 5.32 Å². The summed E-state index contributed by atoms with van der Waals surface area (Å²) in [7, 11) is -4.09. The number of amides is 2. The quantitative estimate of drug-likeness (QED) is 0.482. The number of urea groups is 1. The molecule has 4 rings (SSSR count). The summed E-state index contributed by atoms with van der Waals surface area (Å²) >= 11 is 0. The molecule has 176 valence electrons. The van der Waals surface area contributed by atoms with Crippen molar-refractivity contribution < 1.29 is 18.0 Å². The molecule has 1 heterocycles. The van der Waals surface area contributed by atoms with Gasteiger partial charge in [-0.15, -0.1) is 0 Å². The van der Waals surface area contributed by atoms with E-state index in [2.05, 4.69) is 15.4 Å². The van der Waals surface area contributed by atoms with Crippen LogP contribution < -0.4 is 15.4 Å². The van der Waals surface area contributed by atoms with Crippen LogP contribution in [0.25, 0.3) is 0 Å². The van der Waals surface area contributed by atoms with E-state index in [0.717, 1.165) is 23.2 Å². The van der Waals surface area contributed by atoms with Gasteiger partial charge in [0.25, 0.3) is 10.0 Å². The van der Waals surface area contributed by atoms with Crippen LogP contribution in [0.4, 0.5) is 10.5 Å². The lowest BCUT2D eigenvalue weighted by molar-refractivity contribution is -0.121. The molecule has 1 aliphatic heterocycles. The van der Waals surface area contributed by atoms with Crippen LogP contribution >= 0.6 is 0 Å². The number of aryl methyl sites for hydroxylation is 2. The van der Waals surface area contributed by atoms with Gasteiger partial charge < -0.3 is 10.6 Å². The van der Waals surface area contributed by atoms with Gasteiger partial charge in [0, 0.05) is 5.69 Å². The number of rotatable bonds is 7. The Morgan fingerprint density at radius 1 is 0.971 bits per heavy atom. The third kappa shape index (κ3) is 5.46. The van der Waals surface area contributed by atoms with Crippen molar-refractivity contribution in [3.05, 3.63) is 95.6 Å². The van der Waals surface area contributed by atoms with Gasteiger partial charge in [0.1, 0.15) is 0 Å². The fourth-order valence-corrected chi connectivity index (χ4v) is 5.35. The summed E-state index contributed by atoms with van der Waals surface area (Å²) in [5, 5.41) is 5.89. The van der Waals surface area contributed by atoms with Crippen LogP contribution in [0.5, 0.6) is 0 Å². The highest BCUT2D eigenvalue weighted by Gasteiger charge is 2.32. The predicted octanol–water partition coefficient (Wildman–Crippen LogP) is 3.59. The largest absolute Gasteiger partial charge is 0.375 e. The van der Waals surface area contributed by atoms with Gasteiger partial charge in [-0.2, -0.15) is 0 Å². The third-order valence-corrected chi connectivity index (χ3v) is 7.43. The standard InChI is InChI=1S/C26H27N3O4S/c1-18-9-5-8-14-24(18)34(32,33)29-26(31)28-23(17-19-10-3-2-4-11-19)25(30)22-16-15-20-12-6-7-13-21(20)27-22/h2-14,22-23,27H,15-17H2,1H3,(H2,28,29,31)/t22?,23-/m0/s1. The van der Waals surface area contributed by atoms with E-state index in [1.54, 1.807) is 25.1 Å². The van der Waals surface area contributed by atoms with Crippen LogP contribution in [0.3, 0.4) is 0 Å². The second kappa shape index (κ2) is 10.1. The maximum absolute atomic E-state index is 13.5. The second-order valence-electron chi connectivity index (χ2n) is 8.38. The van der Waals surface area contributed by atoms with Crippen molar-refractivity contribution in [2.45, 2.75) is 43.2 Å². The van der Waals surface area contributed by atoms with E-state index in [9.17, 15) is 18.0 Å². The molecule has 0 fully saturated rings. The Hall–Kier alpha value is -3.65. The zero-order chi connectivity index (χ0) is 24.1. The Morgan fingerprint density at radius 3 is 2.41 bits per heavy atom. The molecule has 3 aromatic rings. The number of para-hydroxylation sites is 1. The Bertz CT molecular complexity index is 1290. The summed E-state index contributed by atoms with van der Waals surface area (Å²) in [5.74, 6) is -0.193. The number of nitrogens with one attached hydrogen (secondary N) is 3. The lowest BCUT2D eigenvalue weighted by atomic mass is 9.91. The van der Waals surface area contributed by atoms with Crippen molar-refractivity contribution >= 4 is 27.5 Å². The minimum Gasteiger partial charge on any atom is -0.375 e. The summed E-state index contributed by atoms with van der Waals surface area (Å²) in [6.07, 6.45) is 1.58.